The molecule has 0 spiro atoms. The van der Waals surface area contributed by atoms with Crippen LogP contribution in [0.2, 0.25) is 0 Å². The van der Waals surface area contributed by atoms with E-state index in [0.717, 1.165) is 37.9 Å². The predicted octanol–water partition coefficient (Wildman–Crippen LogP) is 6.03. The van der Waals surface area contributed by atoms with Crippen LogP contribution in [0.4, 0.5) is 20.6 Å². The van der Waals surface area contributed by atoms with E-state index in [9.17, 15) is 9.18 Å². The van der Waals surface area contributed by atoms with E-state index in [1.165, 1.54) is 11.6 Å². The van der Waals surface area contributed by atoms with Crippen molar-refractivity contribution in [2.45, 2.75) is 25.9 Å². The Bertz CT molecular complexity index is 987. The second-order valence-corrected chi connectivity index (χ2v) is 7.97. The average molecular weight is 419 g/mol. The van der Waals surface area contributed by atoms with E-state index in [0.29, 0.717) is 17.3 Å². The lowest BCUT2D eigenvalue weighted by Gasteiger charge is -2.34. The van der Waals surface area contributed by atoms with E-state index in [1.54, 1.807) is 12.1 Å². The van der Waals surface area contributed by atoms with Gasteiger partial charge in [0.2, 0.25) is 0 Å². The van der Waals surface area contributed by atoms with Crippen molar-refractivity contribution < 1.29 is 13.9 Å². The monoisotopic (exact) mass is 418 g/mol. The van der Waals surface area contributed by atoms with Crippen molar-refractivity contribution in [3.8, 4) is 0 Å². The Kier molecular flexibility index (Phi) is 6.82. The number of hydrogen-bond acceptors (Lipinski definition) is 3. The molecule has 3 aromatic carbocycles. The van der Waals surface area contributed by atoms with Crippen molar-refractivity contribution in [1.29, 1.82) is 0 Å². The van der Waals surface area contributed by atoms with E-state index in [-0.39, 0.29) is 12.4 Å². The fourth-order valence-corrected chi connectivity index (χ4v) is 4.04. The number of benzene rings is 3. The van der Waals surface area contributed by atoms with Gasteiger partial charge < -0.3 is 9.64 Å². The lowest BCUT2D eigenvalue weighted by molar-refractivity contribution is 0.155. The molecule has 1 saturated heterocycles. The lowest BCUT2D eigenvalue weighted by Crippen LogP contribution is -2.34. The van der Waals surface area contributed by atoms with E-state index < -0.39 is 6.09 Å². The van der Waals surface area contributed by atoms with E-state index in [1.807, 2.05) is 36.4 Å². The van der Waals surface area contributed by atoms with Gasteiger partial charge in [0.25, 0.3) is 0 Å². The minimum atomic E-state index is -0.599. The van der Waals surface area contributed by atoms with Crippen LogP contribution in [-0.2, 0) is 17.8 Å². The van der Waals surface area contributed by atoms with Gasteiger partial charge in [-0.25, -0.2) is 9.18 Å². The summed E-state index contributed by atoms with van der Waals surface area (Å²) >= 11 is 0. The Morgan fingerprint density at radius 1 is 0.935 bits per heavy atom. The average Bonchev–Trinajstić information content (AvgIpc) is 2.80. The molecule has 31 heavy (non-hydrogen) atoms. The maximum Gasteiger partial charge on any atom is 0.411 e. The topological polar surface area (TPSA) is 41.6 Å². The second kappa shape index (κ2) is 10.1. The normalized spacial score (nSPS) is 14.3. The van der Waals surface area contributed by atoms with Gasteiger partial charge in [-0.05, 0) is 54.5 Å². The van der Waals surface area contributed by atoms with E-state index in [4.69, 9.17) is 4.74 Å². The highest BCUT2D eigenvalue weighted by molar-refractivity contribution is 5.85. The summed E-state index contributed by atoms with van der Waals surface area (Å²) in [5.41, 5.74) is 3.23. The van der Waals surface area contributed by atoms with Gasteiger partial charge in [0, 0.05) is 18.8 Å². The van der Waals surface area contributed by atoms with Crippen LogP contribution in [0.25, 0.3) is 0 Å². The molecule has 1 aliphatic heterocycles. The molecule has 1 fully saturated rings. The summed E-state index contributed by atoms with van der Waals surface area (Å²) in [6, 6.07) is 24.8. The fraction of sp³-hybridized carbons (Fsp3) is 0.269. The SMILES string of the molecule is O=C(Nc1ccc(N2CCC(Cc3ccccc3)CC2)c(F)c1)OCc1ccccc1. The summed E-state index contributed by atoms with van der Waals surface area (Å²) in [5, 5.41) is 2.60. The second-order valence-electron chi connectivity index (χ2n) is 7.97. The number of carbonyl (C=O) groups excluding carboxylic acids is 1. The molecule has 0 bridgehead atoms. The van der Waals surface area contributed by atoms with Gasteiger partial charge in [0.1, 0.15) is 12.4 Å². The number of hydrogen-bond donors (Lipinski definition) is 1. The Morgan fingerprint density at radius 3 is 2.23 bits per heavy atom. The first-order chi connectivity index (χ1) is 15.2. The van der Waals surface area contributed by atoms with Crippen LogP contribution in [0, 0.1) is 11.7 Å². The standard InChI is InChI=1S/C26H27FN2O2/c27-24-18-23(28-26(30)31-19-22-9-5-2-6-10-22)11-12-25(24)29-15-13-21(14-16-29)17-20-7-3-1-4-8-20/h1-12,18,21H,13-17,19H2,(H,28,30). The Morgan fingerprint density at radius 2 is 1.58 bits per heavy atom. The molecule has 0 atom stereocenters. The van der Waals surface area contributed by atoms with Crippen LogP contribution in [0.15, 0.2) is 78.9 Å². The van der Waals surface area contributed by atoms with Gasteiger partial charge in [0.15, 0.2) is 0 Å². The molecule has 1 amide bonds. The van der Waals surface area contributed by atoms with Crippen molar-refractivity contribution in [2.75, 3.05) is 23.3 Å². The molecule has 0 aliphatic carbocycles. The summed E-state index contributed by atoms with van der Waals surface area (Å²) < 4.78 is 19.9. The van der Waals surface area contributed by atoms with Gasteiger partial charge in [0.05, 0.1) is 5.69 Å². The smallest absolute Gasteiger partial charge is 0.411 e. The van der Waals surface area contributed by atoms with Crippen molar-refractivity contribution >= 4 is 17.5 Å². The van der Waals surface area contributed by atoms with Crippen LogP contribution in [0.5, 0.6) is 0 Å². The van der Waals surface area contributed by atoms with Crippen molar-refractivity contribution in [2.24, 2.45) is 5.92 Å². The third kappa shape index (κ3) is 5.85. The number of halogens is 1. The largest absolute Gasteiger partial charge is 0.444 e. The summed E-state index contributed by atoms with van der Waals surface area (Å²) in [6.07, 6.45) is 2.56. The molecular formula is C26H27FN2O2. The highest BCUT2D eigenvalue weighted by atomic mass is 19.1. The zero-order valence-corrected chi connectivity index (χ0v) is 17.5. The highest BCUT2D eigenvalue weighted by Gasteiger charge is 2.22. The van der Waals surface area contributed by atoms with Crippen molar-refractivity contribution in [3.05, 3.63) is 95.8 Å². The number of rotatable bonds is 6. The molecule has 0 unspecified atom stereocenters. The third-order valence-corrected chi connectivity index (χ3v) is 5.73. The maximum atomic E-state index is 14.7. The molecule has 0 radical (unpaired) electrons. The van der Waals surface area contributed by atoms with Crippen molar-refractivity contribution in [1.82, 2.24) is 0 Å². The van der Waals surface area contributed by atoms with Gasteiger partial charge in [-0.1, -0.05) is 60.7 Å². The van der Waals surface area contributed by atoms with Crippen LogP contribution < -0.4 is 10.2 Å². The third-order valence-electron chi connectivity index (χ3n) is 5.73. The van der Waals surface area contributed by atoms with Crippen LogP contribution >= 0.6 is 0 Å². The number of ether oxygens (including phenoxy) is 1. The molecule has 5 heteroatoms. The molecule has 1 heterocycles. The predicted molar refractivity (Wildman–Crippen MR) is 122 cm³/mol. The van der Waals surface area contributed by atoms with Gasteiger partial charge in [-0.15, -0.1) is 0 Å². The van der Waals surface area contributed by atoms with Crippen molar-refractivity contribution in [3.63, 3.8) is 0 Å². The van der Waals surface area contributed by atoms with Crippen LogP contribution in [-0.4, -0.2) is 19.2 Å². The van der Waals surface area contributed by atoms with E-state index >= 15 is 0 Å². The summed E-state index contributed by atoms with van der Waals surface area (Å²) in [4.78, 5) is 14.1. The maximum absolute atomic E-state index is 14.7. The Hall–Kier alpha value is -3.34. The molecule has 4 rings (SSSR count). The minimum absolute atomic E-state index is 0.172. The molecule has 1 N–H and O–H groups in total. The number of anilines is 2. The summed E-state index contributed by atoms with van der Waals surface area (Å²) in [5.74, 6) is 0.296. The molecule has 4 nitrogen and oxygen atoms in total. The number of nitrogens with one attached hydrogen (secondary N) is 1. The molecule has 0 aromatic heterocycles. The first-order valence-corrected chi connectivity index (χ1v) is 10.7. The zero-order valence-electron chi connectivity index (χ0n) is 17.5. The highest BCUT2D eigenvalue weighted by Crippen LogP contribution is 2.29. The van der Waals surface area contributed by atoms with Gasteiger partial charge in [-0.3, -0.25) is 5.32 Å². The quantitative estimate of drug-likeness (QED) is 0.531. The number of carbonyl (C=O) groups is 1. The fourth-order valence-electron chi connectivity index (χ4n) is 4.04. The van der Waals surface area contributed by atoms with Crippen LogP contribution in [0.1, 0.15) is 24.0 Å². The summed E-state index contributed by atoms with van der Waals surface area (Å²) in [6.45, 7) is 1.84. The minimum Gasteiger partial charge on any atom is -0.444 e. The molecule has 1 aliphatic rings. The van der Waals surface area contributed by atoms with Gasteiger partial charge >= 0.3 is 6.09 Å². The number of amides is 1. The van der Waals surface area contributed by atoms with E-state index in [2.05, 4.69) is 34.5 Å². The first kappa shape index (κ1) is 20.9. The molecule has 0 saturated carbocycles. The zero-order chi connectivity index (χ0) is 21.5. The molecule has 160 valence electrons. The number of piperidine rings is 1. The Balaban J connectivity index is 1.28. The number of nitrogens with zero attached hydrogens (tertiary/aromatic N) is 1. The lowest BCUT2D eigenvalue weighted by atomic mass is 9.90. The van der Waals surface area contributed by atoms with Gasteiger partial charge in [-0.2, -0.15) is 0 Å². The molecule has 3 aromatic rings. The summed E-state index contributed by atoms with van der Waals surface area (Å²) in [7, 11) is 0. The van der Waals surface area contributed by atoms with Crippen LogP contribution in [0.3, 0.4) is 0 Å². The molecular weight excluding hydrogens is 391 g/mol. The Labute approximate surface area is 182 Å². The first-order valence-electron chi connectivity index (χ1n) is 10.7.